The van der Waals surface area contributed by atoms with Crippen molar-refractivity contribution < 1.29 is 0 Å². The van der Waals surface area contributed by atoms with Gasteiger partial charge in [0, 0.05) is 3.92 Å². The average molecular weight is 540 g/mol. The molecule has 0 aromatic heterocycles. The van der Waals surface area contributed by atoms with Crippen LogP contribution in [0.15, 0.2) is 104 Å². The van der Waals surface area contributed by atoms with Crippen molar-refractivity contribution in [2.75, 3.05) is 0 Å². The lowest BCUT2D eigenvalue weighted by Gasteiger charge is -2.29. The van der Waals surface area contributed by atoms with Crippen LogP contribution in [-0.4, -0.2) is 3.92 Å². The van der Waals surface area contributed by atoms with Gasteiger partial charge in [-0.3, -0.25) is 0 Å². The highest BCUT2D eigenvalue weighted by Crippen LogP contribution is 2.35. The first-order chi connectivity index (χ1) is 15.2. The smallest absolute Gasteiger partial charge is 0.0135 e. The quantitative estimate of drug-likeness (QED) is 0.131. The number of alkyl halides is 1. The second-order valence-corrected chi connectivity index (χ2v) is 12.0. The van der Waals surface area contributed by atoms with E-state index in [0.29, 0.717) is 0 Å². The summed E-state index contributed by atoms with van der Waals surface area (Å²) in [6.07, 6.45) is 9.10. The molecule has 2 heteroatoms. The van der Waals surface area contributed by atoms with E-state index in [2.05, 4.69) is 133 Å². The Morgan fingerprint density at radius 2 is 1.16 bits per heavy atom. The first kappa shape index (κ1) is 24.2. The summed E-state index contributed by atoms with van der Waals surface area (Å²) in [7, 11) is -0.446. The molecule has 4 rings (SSSR count). The highest BCUT2D eigenvalue weighted by Gasteiger charge is 2.23. The lowest BCUT2D eigenvalue weighted by Crippen LogP contribution is -2.20. The average Bonchev–Trinajstić information content (AvgIpc) is 2.86. The molecule has 1 aliphatic carbocycles. The molecule has 1 unspecified atom stereocenters. The number of hydrogen-bond acceptors (Lipinski definition) is 0. The van der Waals surface area contributed by atoms with Crippen molar-refractivity contribution in [1.82, 2.24) is 0 Å². The zero-order valence-corrected chi connectivity index (χ0v) is 21.6. The van der Waals surface area contributed by atoms with Gasteiger partial charge in [0.1, 0.15) is 0 Å². The monoisotopic (exact) mass is 540 g/mol. The molecule has 0 nitrogen and oxygen atoms in total. The fraction of sp³-hybridized carbons (Fsp3) is 0.310. The van der Waals surface area contributed by atoms with Crippen molar-refractivity contribution in [3.63, 3.8) is 0 Å². The van der Waals surface area contributed by atoms with Gasteiger partial charge >= 0.3 is 0 Å². The molecule has 162 valence electrons. The maximum atomic E-state index is 3.87. The second kappa shape index (κ2) is 13.2. The lowest BCUT2D eigenvalue weighted by molar-refractivity contribution is 0.306. The summed E-state index contributed by atoms with van der Waals surface area (Å²) >= 11 is 2.62. The largest absolute Gasteiger partial charge is 0.103 e. The molecule has 3 aromatic rings. The molecule has 31 heavy (non-hydrogen) atoms. The van der Waals surface area contributed by atoms with Crippen molar-refractivity contribution in [3.05, 3.63) is 104 Å². The zero-order valence-electron chi connectivity index (χ0n) is 18.5. The van der Waals surface area contributed by atoms with Crippen molar-refractivity contribution in [2.45, 2.75) is 43.0 Å². The maximum absolute atomic E-state index is 3.87. The Hall–Kier alpha value is -1.44. The van der Waals surface area contributed by atoms with Crippen LogP contribution in [0.4, 0.5) is 0 Å². The second-order valence-electron chi connectivity index (χ2n) is 8.18. The van der Waals surface area contributed by atoms with Crippen LogP contribution in [0.5, 0.6) is 0 Å². The van der Waals surface area contributed by atoms with E-state index in [1.807, 2.05) is 0 Å². The van der Waals surface area contributed by atoms with Crippen molar-refractivity contribution >= 4 is 46.4 Å². The highest BCUT2D eigenvalue weighted by atomic mass is 127. The standard InChI is InChI=1S/C18H15P.C11H19I/c1-4-10-16(11-5-1)19(17-12-6-2-7-13-17)18-14-8-3-9-15-18;1-3-9-5-7-10(8-6-9)11(12)4-2/h1-15H;3,9-11H,1,4-8H2,2H3. The van der Waals surface area contributed by atoms with E-state index >= 15 is 0 Å². The molecule has 1 atom stereocenters. The number of rotatable bonds is 6. The molecule has 0 bridgehead atoms. The predicted octanol–water partition coefficient (Wildman–Crippen LogP) is 7.64. The summed E-state index contributed by atoms with van der Waals surface area (Å²) in [5, 5.41) is 4.19. The molecule has 0 spiro atoms. The van der Waals surface area contributed by atoms with Crippen LogP contribution < -0.4 is 15.9 Å². The Morgan fingerprint density at radius 1 is 0.774 bits per heavy atom. The van der Waals surface area contributed by atoms with Gasteiger partial charge in [0.05, 0.1) is 0 Å². The van der Waals surface area contributed by atoms with E-state index in [9.17, 15) is 0 Å². The highest BCUT2D eigenvalue weighted by molar-refractivity contribution is 14.1. The van der Waals surface area contributed by atoms with Crippen LogP contribution in [0.2, 0.25) is 0 Å². The van der Waals surface area contributed by atoms with Gasteiger partial charge in [-0.1, -0.05) is 127 Å². The van der Waals surface area contributed by atoms with Crippen LogP contribution in [0.25, 0.3) is 0 Å². The third-order valence-corrected chi connectivity index (χ3v) is 10.4. The molecule has 1 fully saturated rings. The van der Waals surface area contributed by atoms with Crippen molar-refractivity contribution in [2.24, 2.45) is 11.8 Å². The Labute approximate surface area is 204 Å². The minimum absolute atomic E-state index is 0.446. The Bertz CT molecular complexity index is 776. The van der Waals surface area contributed by atoms with Crippen LogP contribution >= 0.6 is 30.5 Å². The fourth-order valence-electron chi connectivity index (χ4n) is 4.25. The van der Waals surface area contributed by atoms with Crippen molar-refractivity contribution in [3.8, 4) is 0 Å². The third-order valence-electron chi connectivity index (χ3n) is 6.09. The number of benzene rings is 3. The topological polar surface area (TPSA) is 0 Å². The first-order valence-electron chi connectivity index (χ1n) is 11.4. The third kappa shape index (κ3) is 7.29. The molecule has 1 saturated carbocycles. The molecule has 0 N–H and O–H groups in total. The predicted molar refractivity (Wildman–Crippen MR) is 149 cm³/mol. The Morgan fingerprint density at radius 3 is 1.48 bits per heavy atom. The summed E-state index contributed by atoms with van der Waals surface area (Å²) in [4.78, 5) is 0. The molecule has 0 radical (unpaired) electrons. The summed E-state index contributed by atoms with van der Waals surface area (Å²) in [5.74, 6) is 1.81. The molecule has 0 heterocycles. The summed E-state index contributed by atoms with van der Waals surface area (Å²) in [6, 6.07) is 32.3. The fourth-order valence-corrected chi connectivity index (χ4v) is 7.28. The molecular formula is C29H34IP. The van der Waals surface area contributed by atoms with Gasteiger partial charge in [-0.15, -0.1) is 6.58 Å². The van der Waals surface area contributed by atoms with Gasteiger partial charge in [-0.25, -0.2) is 0 Å². The molecule has 1 aliphatic rings. The van der Waals surface area contributed by atoms with Crippen LogP contribution in [0.3, 0.4) is 0 Å². The number of hydrogen-bond donors (Lipinski definition) is 0. The number of allylic oxidation sites excluding steroid dienone is 1. The van der Waals surface area contributed by atoms with E-state index in [1.165, 1.54) is 48.0 Å². The van der Waals surface area contributed by atoms with Gasteiger partial charge in [-0.05, 0) is 67.8 Å². The van der Waals surface area contributed by atoms with Gasteiger partial charge in [-0.2, -0.15) is 0 Å². The zero-order chi connectivity index (χ0) is 21.9. The van der Waals surface area contributed by atoms with E-state index in [-0.39, 0.29) is 0 Å². The van der Waals surface area contributed by atoms with E-state index in [4.69, 9.17) is 0 Å². The van der Waals surface area contributed by atoms with Crippen molar-refractivity contribution in [1.29, 1.82) is 0 Å². The van der Waals surface area contributed by atoms with E-state index in [0.717, 1.165) is 15.8 Å². The number of halogens is 1. The van der Waals surface area contributed by atoms with Gasteiger partial charge in [0.25, 0.3) is 0 Å². The van der Waals surface area contributed by atoms with E-state index < -0.39 is 7.92 Å². The lowest BCUT2D eigenvalue weighted by atomic mass is 9.80. The molecule has 0 aliphatic heterocycles. The SMILES string of the molecule is C=CC1CCC(C(I)CC)CC1.c1ccc(P(c2ccccc2)c2ccccc2)cc1. The maximum Gasteiger partial charge on any atom is 0.0135 e. The van der Waals surface area contributed by atoms with Gasteiger partial charge < -0.3 is 0 Å². The molecule has 0 amide bonds. The normalized spacial score (nSPS) is 19.2. The van der Waals surface area contributed by atoms with Gasteiger partial charge in [0.2, 0.25) is 0 Å². The summed E-state index contributed by atoms with van der Waals surface area (Å²) in [6.45, 7) is 6.17. The Balaban J connectivity index is 0.000000196. The van der Waals surface area contributed by atoms with Gasteiger partial charge in [0.15, 0.2) is 0 Å². The summed E-state index contributed by atoms with van der Waals surface area (Å²) in [5.41, 5.74) is 0. The van der Waals surface area contributed by atoms with Crippen LogP contribution in [0, 0.1) is 11.8 Å². The minimum atomic E-state index is -0.446. The molecule has 0 saturated heterocycles. The Kier molecular flexibility index (Phi) is 10.3. The summed E-state index contributed by atoms with van der Waals surface area (Å²) < 4.78 is 0.911. The minimum Gasteiger partial charge on any atom is -0.103 e. The van der Waals surface area contributed by atoms with E-state index in [1.54, 1.807) is 0 Å². The molecular weight excluding hydrogens is 506 g/mol. The van der Waals surface area contributed by atoms with Crippen LogP contribution in [0.1, 0.15) is 39.0 Å². The first-order valence-corrected chi connectivity index (χ1v) is 14.0. The van der Waals surface area contributed by atoms with Crippen LogP contribution in [-0.2, 0) is 0 Å². The molecule has 3 aromatic carbocycles.